The van der Waals surface area contributed by atoms with E-state index in [1.807, 2.05) is 25.1 Å². The van der Waals surface area contributed by atoms with Crippen molar-refractivity contribution in [2.45, 2.75) is 19.3 Å². The van der Waals surface area contributed by atoms with Gasteiger partial charge in [0.05, 0.1) is 19.7 Å². The fourth-order valence-electron chi connectivity index (χ4n) is 3.22. The normalized spacial score (nSPS) is 20.4. The molecule has 1 saturated heterocycles. The third kappa shape index (κ3) is 5.35. The highest BCUT2D eigenvalue weighted by Gasteiger charge is 2.38. The number of nitrogens with one attached hydrogen (secondary N) is 1. The van der Waals surface area contributed by atoms with Gasteiger partial charge in [-0.1, -0.05) is 30.3 Å². The summed E-state index contributed by atoms with van der Waals surface area (Å²) in [7, 11) is 0. The lowest BCUT2D eigenvalue weighted by atomic mass is 10.1. The molecule has 2 aromatic rings. The van der Waals surface area contributed by atoms with Gasteiger partial charge >= 0.3 is 0 Å². The highest BCUT2D eigenvalue weighted by molar-refractivity contribution is 5.94. The summed E-state index contributed by atoms with van der Waals surface area (Å²) in [6.07, 6.45) is 0. The van der Waals surface area contributed by atoms with Gasteiger partial charge in [0.1, 0.15) is 5.82 Å². The zero-order chi connectivity index (χ0) is 19.1. The SMILES string of the molecule is CCOC1(CNC(=O)c2ccccc2)CN(Cc2ccc(F)cc2)CCO1. The van der Waals surface area contributed by atoms with Crippen molar-refractivity contribution in [2.75, 3.05) is 32.8 Å². The molecule has 1 aliphatic rings. The molecule has 1 amide bonds. The van der Waals surface area contributed by atoms with E-state index in [9.17, 15) is 9.18 Å². The van der Waals surface area contributed by atoms with Crippen molar-refractivity contribution in [2.24, 2.45) is 0 Å². The van der Waals surface area contributed by atoms with Crippen LogP contribution in [0.2, 0.25) is 0 Å². The van der Waals surface area contributed by atoms with Gasteiger partial charge < -0.3 is 14.8 Å². The van der Waals surface area contributed by atoms with Gasteiger partial charge in [-0.25, -0.2) is 4.39 Å². The van der Waals surface area contributed by atoms with Crippen molar-refractivity contribution in [1.82, 2.24) is 10.2 Å². The predicted molar refractivity (Wildman–Crippen MR) is 101 cm³/mol. The number of carbonyl (C=O) groups is 1. The Bertz CT molecular complexity index is 735. The standard InChI is InChI=1S/C21H25FN2O3/c1-2-26-21(15-23-20(25)18-6-4-3-5-7-18)16-24(12-13-27-21)14-17-8-10-19(22)11-9-17/h3-11H,2,12-16H2,1H3,(H,23,25). The van der Waals surface area contributed by atoms with Crippen LogP contribution in [0.4, 0.5) is 4.39 Å². The Morgan fingerprint density at radius 1 is 1.22 bits per heavy atom. The number of nitrogens with zero attached hydrogens (tertiary/aromatic N) is 1. The van der Waals surface area contributed by atoms with Crippen LogP contribution in [0.3, 0.4) is 0 Å². The zero-order valence-corrected chi connectivity index (χ0v) is 15.5. The van der Waals surface area contributed by atoms with Crippen molar-refractivity contribution >= 4 is 5.91 Å². The number of rotatable bonds is 7. The van der Waals surface area contributed by atoms with Crippen molar-refractivity contribution in [3.8, 4) is 0 Å². The topological polar surface area (TPSA) is 50.8 Å². The molecule has 0 bridgehead atoms. The van der Waals surface area contributed by atoms with Crippen LogP contribution in [-0.4, -0.2) is 49.4 Å². The van der Waals surface area contributed by atoms with Crippen LogP contribution in [-0.2, 0) is 16.0 Å². The van der Waals surface area contributed by atoms with E-state index in [-0.39, 0.29) is 18.3 Å². The number of ether oxygens (including phenoxy) is 2. The predicted octanol–water partition coefficient (Wildman–Crippen LogP) is 2.82. The van der Waals surface area contributed by atoms with E-state index >= 15 is 0 Å². The summed E-state index contributed by atoms with van der Waals surface area (Å²) in [5, 5.41) is 2.92. The number of hydrogen-bond donors (Lipinski definition) is 1. The van der Waals surface area contributed by atoms with Crippen LogP contribution in [0.25, 0.3) is 0 Å². The third-order valence-corrected chi connectivity index (χ3v) is 4.52. The van der Waals surface area contributed by atoms with Crippen LogP contribution in [0.1, 0.15) is 22.8 Å². The zero-order valence-electron chi connectivity index (χ0n) is 15.5. The summed E-state index contributed by atoms with van der Waals surface area (Å²) in [5.74, 6) is -1.29. The summed E-state index contributed by atoms with van der Waals surface area (Å²) in [4.78, 5) is 14.6. The smallest absolute Gasteiger partial charge is 0.251 e. The van der Waals surface area contributed by atoms with Crippen molar-refractivity contribution in [1.29, 1.82) is 0 Å². The lowest BCUT2D eigenvalue weighted by Crippen LogP contribution is -2.58. The first-order valence-corrected chi connectivity index (χ1v) is 9.18. The largest absolute Gasteiger partial charge is 0.347 e. The third-order valence-electron chi connectivity index (χ3n) is 4.52. The van der Waals surface area contributed by atoms with Gasteiger partial charge in [0, 0.05) is 25.3 Å². The van der Waals surface area contributed by atoms with Gasteiger partial charge in [0.25, 0.3) is 5.91 Å². The lowest BCUT2D eigenvalue weighted by Gasteiger charge is -2.42. The lowest BCUT2D eigenvalue weighted by molar-refractivity contribution is -0.261. The van der Waals surface area contributed by atoms with E-state index in [0.29, 0.717) is 31.9 Å². The molecule has 0 spiro atoms. The van der Waals surface area contributed by atoms with E-state index in [1.54, 1.807) is 24.3 Å². The second-order valence-electron chi connectivity index (χ2n) is 6.58. The van der Waals surface area contributed by atoms with Crippen LogP contribution in [0.5, 0.6) is 0 Å². The summed E-state index contributed by atoms with van der Waals surface area (Å²) in [5.41, 5.74) is 1.63. The van der Waals surface area contributed by atoms with Gasteiger partial charge in [-0.3, -0.25) is 9.69 Å². The first-order valence-electron chi connectivity index (χ1n) is 9.18. The summed E-state index contributed by atoms with van der Waals surface area (Å²) in [6.45, 7) is 5.09. The van der Waals surface area contributed by atoms with Gasteiger partial charge in [-0.15, -0.1) is 0 Å². The van der Waals surface area contributed by atoms with E-state index in [4.69, 9.17) is 9.47 Å². The maximum atomic E-state index is 13.1. The Kier molecular flexibility index (Phi) is 6.55. The van der Waals surface area contributed by atoms with Crippen molar-refractivity contribution < 1.29 is 18.7 Å². The van der Waals surface area contributed by atoms with E-state index < -0.39 is 5.79 Å². The molecule has 0 radical (unpaired) electrons. The number of benzene rings is 2. The number of amides is 1. The molecule has 0 aromatic heterocycles. The van der Waals surface area contributed by atoms with Gasteiger partial charge in [-0.05, 0) is 36.8 Å². The fraction of sp³-hybridized carbons (Fsp3) is 0.381. The monoisotopic (exact) mass is 372 g/mol. The Morgan fingerprint density at radius 3 is 2.67 bits per heavy atom. The Labute approximate surface area is 159 Å². The molecule has 1 unspecified atom stereocenters. The maximum absolute atomic E-state index is 13.1. The van der Waals surface area contributed by atoms with Gasteiger partial charge in [0.15, 0.2) is 5.79 Å². The van der Waals surface area contributed by atoms with Crippen LogP contribution < -0.4 is 5.32 Å². The van der Waals surface area contributed by atoms with Crippen LogP contribution in [0, 0.1) is 5.82 Å². The summed E-state index contributed by atoms with van der Waals surface area (Å²) >= 11 is 0. The molecule has 27 heavy (non-hydrogen) atoms. The van der Waals surface area contributed by atoms with Crippen molar-refractivity contribution in [3.63, 3.8) is 0 Å². The molecule has 1 aliphatic heterocycles. The first-order chi connectivity index (χ1) is 13.1. The number of halogens is 1. The number of carbonyl (C=O) groups excluding carboxylic acids is 1. The second-order valence-corrected chi connectivity index (χ2v) is 6.58. The number of morpholine rings is 1. The van der Waals surface area contributed by atoms with Gasteiger partial charge in [-0.2, -0.15) is 0 Å². The molecule has 6 heteroatoms. The van der Waals surface area contributed by atoms with E-state index in [1.165, 1.54) is 12.1 Å². The molecule has 1 atom stereocenters. The Balaban J connectivity index is 1.63. The fourth-order valence-corrected chi connectivity index (χ4v) is 3.22. The molecule has 0 saturated carbocycles. The average molecular weight is 372 g/mol. The van der Waals surface area contributed by atoms with E-state index in [0.717, 1.165) is 12.1 Å². The molecular weight excluding hydrogens is 347 g/mol. The highest BCUT2D eigenvalue weighted by Crippen LogP contribution is 2.21. The maximum Gasteiger partial charge on any atom is 0.251 e. The quantitative estimate of drug-likeness (QED) is 0.812. The highest BCUT2D eigenvalue weighted by atomic mass is 19.1. The number of hydrogen-bond acceptors (Lipinski definition) is 4. The molecule has 1 N–H and O–H groups in total. The van der Waals surface area contributed by atoms with Crippen LogP contribution in [0.15, 0.2) is 54.6 Å². The molecule has 2 aromatic carbocycles. The summed E-state index contributed by atoms with van der Waals surface area (Å²) in [6, 6.07) is 15.6. The molecule has 1 heterocycles. The minimum Gasteiger partial charge on any atom is -0.347 e. The molecule has 3 rings (SSSR count). The Hall–Kier alpha value is -2.28. The van der Waals surface area contributed by atoms with Crippen LogP contribution >= 0.6 is 0 Å². The molecular formula is C21H25FN2O3. The Morgan fingerprint density at radius 2 is 1.96 bits per heavy atom. The van der Waals surface area contributed by atoms with Crippen molar-refractivity contribution in [3.05, 3.63) is 71.5 Å². The molecule has 5 nitrogen and oxygen atoms in total. The summed E-state index contributed by atoms with van der Waals surface area (Å²) < 4.78 is 25.0. The minimum atomic E-state index is -0.891. The molecule has 144 valence electrons. The molecule has 0 aliphatic carbocycles. The molecule has 1 fully saturated rings. The first kappa shape index (κ1) is 19.5. The van der Waals surface area contributed by atoms with Gasteiger partial charge in [0.2, 0.25) is 0 Å². The van der Waals surface area contributed by atoms with E-state index in [2.05, 4.69) is 10.2 Å². The minimum absolute atomic E-state index is 0.158. The second kappa shape index (κ2) is 9.08. The average Bonchev–Trinajstić information content (AvgIpc) is 2.69.